The standard InChI is InChI=1S/C14H23N3O4/c1-2-21-10-9-15-5-7-16(8-6-15)14(20)11-17-12(18)3-4-13(17)19/h2-11H2,1H3. The van der Waals surface area contributed by atoms with Gasteiger partial charge in [0.25, 0.3) is 0 Å². The molecule has 0 aromatic rings. The highest BCUT2D eigenvalue weighted by Gasteiger charge is 2.32. The van der Waals surface area contributed by atoms with Crippen molar-refractivity contribution in [1.82, 2.24) is 14.7 Å². The van der Waals surface area contributed by atoms with Gasteiger partial charge in [-0.1, -0.05) is 0 Å². The average Bonchev–Trinajstić information content (AvgIpc) is 2.80. The molecule has 0 atom stereocenters. The molecule has 0 radical (unpaired) electrons. The summed E-state index contributed by atoms with van der Waals surface area (Å²) in [5, 5.41) is 0. The maximum atomic E-state index is 12.1. The van der Waals surface area contributed by atoms with Crippen molar-refractivity contribution in [3.05, 3.63) is 0 Å². The van der Waals surface area contributed by atoms with Crippen LogP contribution in [0.15, 0.2) is 0 Å². The zero-order valence-electron chi connectivity index (χ0n) is 12.5. The molecule has 21 heavy (non-hydrogen) atoms. The molecule has 7 heteroatoms. The van der Waals surface area contributed by atoms with E-state index in [1.807, 2.05) is 6.92 Å². The topological polar surface area (TPSA) is 70.2 Å². The van der Waals surface area contributed by atoms with E-state index in [0.29, 0.717) is 19.7 Å². The highest BCUT2D eigenvalue weighted by molar-refractivity contribution is 6.04. The first kappa shape index (κ1) is 15.9. The van der Waals surface area contributed by atoms with Crippen molar-refractivity contribution in [3.63, 3.8) is 0 Å². The lowest BCUT2D eigenvalue weighted by Gasteiger charge is -2.35. The van der Waals surface area contributed by atoms with Crippen molar-refractivity contribution < 1.29 is 19.1 Å². The van der Waals surface area contributed by atoms with Crippen molar-refractivity contribution in [3.8, 4) is 0 Å². The van der Waals surface area contributed by atoms with Crippen molar-refractivity contribution in [2.45, 2.75) is 19.8 Å². The molecule has 7 nitrogen and oxygen atoms in total. The van der Waals surface area contributed by atoms with Crippen LogP contribution in [0, 0.1) is 0 Å². The van der Waals surface area contributed by atoms with Gasteiger partial charge < -0.3 is 9.64 Å². The van der Waals surface area contributed by atoms with Crippen LogP contribution in [0.3, 0.4) is 0 Å². The van der Waals surface area contributed by atoms with Gasteiger partial charge in [-0.15, -0.1) is 0 Å². The number of carbonyl (C=O) groups excluding carboxylic acids is 3. The fourth-order valence-electron chi connectivity index (χ4n) is 2.59. The van der Waals surface area contributed by atoms with Gasteiger partial charge in [0.05, 0.1) is 6.61 Å². The summed E-state index contributed by atoms with van der Waals surface area (Å²) in [6.45, 7) is 7.06. The van der Waals surface area contributed by atoms with Crippen LogP contribution in [0.4, 0.5) is 0 Å². The first-order chi connectivity index (χ1) is 10.1. The smallest absolute Gasteiger partial charge is 0.242 e. The summed E-state index contributed by atoms with van der Waals surface area (Å²) in [4.78, 5) is 40.3. The van der Waals surface area contributed by atoms with E-state index >= 15 is 0 Å². The Bertz CT molecular complexity index is 389. The van der Waals surface area contributed by atoms with Gasteiger partial charge in [0.15, 0.2) is 0 Å². The third-order valence-corrected chi connectivity index (χ3v) is 3.93. The SMILES string of the molecule is CCOCCN1CCN(C(=O)CN2C(=O)CCC2=O)CC1. The predicted octanol–water partition coefficient (Wildman–Crippen LogP) is -0.684. The van der Waals surface area contributed by atoms with Crippen LogP contribution in [0.25, 0.3) is 0 Å². The number of nitrogens with zero attached hydrogens (tertiary/aromatic N) is 3. The Morgan fingerprint density at radius 2 is 1.71 bits per heavy atom. The van der Waals surface area contributed by atoms with Gasteiger partial charge in [0.1, 0.15) is 6.54 Å². The fraction of sp³-hybridized carbons (Fsp3) is 0.786. The molecule has 0 bridgehead atoms. The van der Waals surface area contributed by atoms with E-state index in [1.54, 1.807) is 4.90 Å². The normalized spacial score (nSPS) is 20.4. The predicted molar refractivity (Wildman–Crippen MR) is 75.5 cm³/mol. The van der Waals surface area contributed by atoms with Gasteiger partial charge in [-0.25, -0.2) is 0 Å². The molecule has 0 spiro atoms. The molecule has 2 heterocycles. The lowest BCUT2D eigenvalue weighted by molar-refractivity contribution is -0.146. The van der Waals surface area contributed by atoms with Gasteiger partial charge in [0.2, 0.25) is 17.7 Å². The Morgan fingerprint density at radius 3 is 2.29 bits per heavy atom. The molecular weight excluding hydrogens is 274 g/mol. The minimum atomic E-state index is -0.233. The minimum Gasteiger partial charge on any atom is -0.380 e. The molecule has 2 aliphatic rings. The number of ether oxygens (including phenoxy) is 1. The average molecular weight is 297 g/mol. The van der Waals surface area contributed by atoms with Crippen LogP contribution in [0.2, 0.25) is 0 Å². The summed E-state index contributed by atoms with van der Waals surface area (Å²) in [5.41, 5.74) is 0. The summed E-state index contributed by atoms with van der Waals surface area (Å²) in [5.74, 6) is -0.601. The van der Waals surface area contributed by atoms with Crippen molar-refractivity contribution in [2.24, 2.45) is 0 Å². The lowest BCUT2D eigenvalue weighted by atomic mass is 10.3. The molecule has 3 amide bonds. The highest BCUT2D eigenvalue weighted by atomic mass is 16.5. The number of piperazine rings is 1. The number of rotatable bonds is 6. The summed E-state index contributed by atoms with van der Waals surface area (Å²) < 4.78 is 5.32. The van der Waals surface area contributed by atoms with Crippen LogP contribution in [-0.4, -0.2) is 84.9 Å². The van der Waals surface area contributed by atoms with Gasteiger partial charge in [-0.3, -0.25) is 24.2 Å². The summed E-state index contributed by atoms with van der Waals surface area (Å²) in [6.07, 6.45) is 0.467. The molecule has 0 aromatic carbocycles. The molecule has 2 fully saturated rings. The van der Waals surface area contributed by atoms with Crippen molar-refractivity contribution in [1.29, 1.82) is 0 Å². The Balaban J connectivity index is 1.73. The zero-order valence-corrected chi connectivity index (χ0v) is 12.5. The molecular formula is C14H23N3O4. The van der Waals surface area contributed by atoms with Gasteiger partial charge in [-0.2, -0.15) is 0 Å². The number of carbonyl (C=O) groups is 3. The quantitative estimate of drug-likeness (QED) is 0.480. The van der Waals surface area contributed by atoms with Gasteiger partial charge in [-0.05, 0) is 6.92 Å². The first-order valence-electron chi connectivity index (χ1n) is 7.53. The second kappa shape index (κ2) is 7.51. The summed E-state index contributed by atoms with van der Waals surface area (Å²) >= 11 is 0. The number of hydrogen-bond acceptors (Lipinski definition) is 5. The van der Waals surface area contributed by atoms with Gasteiger partial charge in [0, 0.05) is 52.2 Å². The van der Waals surface area contributed by atoms with E-state index in [2.05, 4.69) is 4.90 Å². The second-order valence-corrected chi connectivity index (χ2v) is 5.29. The molecule has 2 aliphatic heterocycles. The Morgan fingerprint density at radius 1 is 1.10 bits per heavy atom. The number of imide groups is 1. The molecule has 0 N–H and O–H groups in total. The van der Waals surface area contributed by atoms with Crippen LogP contribution < -0.4 is 0 Å². The van der Waals surface area contributed by atoms with Crippen LogP contribution in [0.1, 0.15) is 19.8 Å². The van der Waals surface area contributed by atoms with Gasteiger partial charge >= 0.3 is 0 Å². The first-order valence-corrected chi connectivity index (χ1v) is 7.53. The monoisotopic (exact) mass is 297 g/mol. The maximum absolute atomic E-state index is 12.1. The Labute approximate surface area is 124 Å². The van der Waals surface area contributed by atoms with E-state index in [1.165, 1.54) is 0 Å². The summed E-state index contributed by atoms with van der Waals surface area (Å²) in [6, 6.07) is 0. The molecule has 0 aliphatic carbocycles. The highest BCUT2D eigenvalue weighted by Crippen LogP contribution is 2.12. The fourth-order valence-corrected chi connectivity index (χ4v) is 2.59. The zero-order chi connectivity index (χ0) is 15.2. The molecule has 0 saturated carbocycles. The number of amides is 3. The maximum Gasteiger partial charge on any atom is 0.242 e. The molecule has 0 aromatic heterocycles. The Hall–Kier alpha value is -1.47. The van der Waals surface area contributed by atoms with Crippen LogP contribution in [-0.2, 0) is 19.1 Å². The molecule has 0 unspecified atom stereocenters. The van der Waals surface area contributed by atoms with E-state index in [4.69, 9.17) is 4.74 Å². The Kier molecular flexibility index (Phi) is 5.69. The molecule has 2 saturated heterocycles. The van der Waals surface area contributed by atoms with E-state index in [0.717, 1.165) is 31.1 Å². The van der Waals surface area contributed by atoms with Crippen molar-refractivity contribution >= 4 is 17.7 Å². The number of likely N-dealkylation sites (tertiary alicyclic amines) is 1. The minimum absolute atomic E-state index is 0.101. The van der Waals surface area contributed by atoms with E-state index < -0.39 is 0 Å². The van der Waals surface area contributed by atoms with Crippen molar-refractivity contribution in [2.75, 3.05) is 52.5 Å². The number of hydrogen-bond donors (Lipinski definition) is 0. The second-order valence-electron chi connectivity index (χ2n) is 5.29. The molecule has 2 rings (SSSR count). The van der Waals surface area contributed by atoms with E-state index in [-0.39, 0.29) is 37.1 Å². The summed E-state index contributed by atoms with van der Waals surface area (Å²) in [7, 11) is 0. The van der Waals surface area contributed by atoms with E-state index in [9.17, 15) is 14.4 Å². The van der Waals surface area contributed by atoms with Crippen LogP contribution in [0.5, 0.6) is 0 Å². The largest absolute Gasteiger partial charge is 0.380 e. The third kappa shape index (κ3) is 4.25. The van der Waals surface area contributed by atoms with Crippen LogP contribution >= 0.6 is 0 Å². The molecule has 118 valence electrons. The third-order valence-electron chi connectivity index (χ3n) is 3.93. The lowest BCUT2D eigenvalue weighted by Crippen LogP contribution is -2.52.